The molecule has 0 heterocycles. The third-order valence-electron chi connectivity index (χ3n) is 12.7. The highest BCUT2D eigenvalue weighted by atomic mass is 16.5. The molecule has 4 fully saturated rings. The second-order valence-electron chi connectivity index (χ2n) is 15.0. The van der Waals surface area contributed by atoms with Crippen LogP contribution in [-0.4, -0.2) is 24.6 Å². The Hall–Kier alpha value is -1.45. The number of hydrogen-bond donors (Lipinski definition) is 0. The van der Waals surface area contributed by atoms with Crippen LogP contribution in [0.4, 0.5) is 0 Å². The predicted molar refractivity (Wildman–Crippen MR) is 136 cm³/mol. The number of esters is 1. The van der Waals surface area contributed by atoms with Crippen LogP contribution < -0.4 is 0 Å². The summed E-state index contributed by atoms with van der Waals surface area (Å²) in [6, 6.07) is 0. The summed E-state index contributed by atoms with van der Waals surface area (Å²) in [7, 11) is 1.51. The number of fused-ring (bicyclic) bond motifs is 7. The lowest BCUT2D eigenvalue weighted by Crippen LogP contribution is -2.66. The lowest BCUT2D eigenvalue weighted by Gasteiger charge is -2.69. The Bertz CT molecular complexity index is 1020. The smallest absolute Gasteiger partial charge is 0.312 e. The second kappa shape index (κ2) is 7.32. The fourth-order valence-corrected chi connectivity index (χ4v) is 10.4. The van der Waals surface area contributed by atoms with Gasteiger partial charge < -0.3 is 4.74 Å². The number of methoxy groups -OCH3 is 1. The SMILES string of the molecule is COC(=O)[C@]12CCC(C)(C)C[C@H]1[C@H]1C(=O)C=C3[C@@]4(C)CCC(=O)C(C)(C)C4CC[C@@]3(C)[C@]1(C)CC2. The van der Waals surface area contributed by atoms with Gasteiger partial charge in [0.1, 0.15) is 5.78 Å². The average molecular weight is 483 g/mol. The Morgan fingerprint density at radius 1 is 0.914 bits per heavy atom. The number of rotatable bonds is 1. The number of carbonyl (C=O) groups is 3. The first-order chi connectivity index (χ1) is 16.1. The standard InChI is InChI=1S/C31H46O4/c1-26(2)13-15-31(25(34)35-8)16-14-30(7)24(19(31)18-26)20(32)17-22-28(5)11-10-23(33)27(3,4)21(28)9-12-29(22,30)6/h17,19,21,24H,9-16,18H2,1-8H3/t19-,21?,24-,28-,29+,30+,31-/m0/s1. The molecular weight excluding hydrogens is 436 g/mol. The fraction of sp³-hybridized carbons (Fsp3) is 0.839. The summed E-state index contributed by atoms with van der Waals surface area (Å²) < 4.78 is 5.42. The number of hydrogen-bond acceptors (Lipinski definition) is 4. The van der Waals surface area contributed by atoms with Crippen LogP contribution >= 0.6 is 0 Å². The Morgan fingerprint density at radius 3 is 2.23 bits per heavy atom. The van der Waals surface area contributed by atoms with Gasteiger partial charge in [0.2, 0.25) is 0 Å². The highest BCUT2D eigenvalue weighted by Gasteiger charge is 2.71. The van der Waals surface area contributed by atoms with E-state index in [2.05, 4.69) is 48.5 Å². The molecule has 0 radical (unpaired) electrons. The summed E-state index contributed by atoms with van der Waals surface area (Å²) in [6.45, 7) is 16.0. The molecule has 0 spiro atoms. The maximum atomic E-state index is 14.3. The van der Waals surface area contributed by atoms with Crippen LogP contribution in [0.5, 0.6) is 0 Å². The van der Waals surface area contributed by atoms with Gasteiger partial charge in [0.15, 0.2) is 5.78 Å². The van der Waals surface area contributed by atoms with Crippen molar-refractivity contribution >= 4 is 17.5 Å². The molecule has 5 aliphatic carbocycles. The number of allylic oxidation sites excluding steroid dienone is 2. The van der Waals surface area contributed by atoms with E-state index in [0.717, 1.165) is 51.4 Å². The van der Waals surface area contributed by atoms with Gasteiger partial charge >= 0.3 is 5.97 Å². The van der Waals surface area contributed by atoms with Gasteiger partial charge in [-0.05, 0) is 90.9 Å². The van der Waals surface area contributed by atoms with E-state index < -0.39 is 5.41 Å². The highest BCUT2D eigenvalue weighted by Crippen LogP contribution is 2.74. The summed E-state index contributed by atoms with van der Waals surface area (Å²) >= 11 is 0. The Kier molecular flexibility index (Phi) is 5.27. The van der Waals surface area contributed by atoms with E-state index in [-0.39, 0.29) is 56.6 Å². The van der Waals surface area contributed by atoms with Gasteiger partial charge in [0.25, 0.3) is 0 Å². The second-order valence-corrected chi connectivity index (χ2v) is 15.0. The van der Waals surface area contributed by atoms with Crippen molar-refractivity contribution in [2.45, 2.75) is 106 Å². The van der Waals surface area contributed by atoms with Crippen molar-refractivity contribution in [3.05, 3.63) is 11.6 Å². The molecule has 0 aliphatic heterocycles. The molecule has 194 valence electrons. The van der Waals surface area contributed by atoms with Crippen LogP contribution in [0.15, 0.2) is 11.6 Å². The lowest BCUT2D eigenvalue weighted by molar-refractivity contribution is -0.192. The minimum atomic E-state index is -0.536. The molecule has 4 heteroatoms. The number of ketones is 2. The van der Waals surface area contributed by atoms with Crippen molar-refractivity contribution in [2.24, 2.45) is 50.2 Å². The topological polar surface area (TPSA) is 60.4 Å². The zero-order valence-electron chi connectivity index (χ0n) is 23.3. The molecule has 4 saturated carbocycles. The zero-order valence-corrected chi connectivity index (χ0v) is 23.3. The largest absolute Gasteiger partial charge is 0.469 e. The molecule has 0 bridgehead atoms. The van der Waals surface area contributed by atoms with E-state index in [1.165, 1.54) is 12.7 Å². The zero-order chi connectivity index (χ0) is 25.8. The van der Waals surface area contributed by atoms with Gasteiger partial charge in [-0.3, -0.25) is 14.4 Å². The van der Waals surface area contributed by atoms with Crippen molar-refractivity contribution in [2.75, 3.05) is 7.11 Å². The van der Waals surface area contributed by atoms with Gasteiger partial charge in [0.05, 0.1) is 12.5 Å². The molecule has 4 nitrogen and oxygen atoms in total. The number of Topliss-reactive ketones (excluding diaryl/α,β-unsaturated/α-hetero) is 1. The number of ether oxygens (including phenoxy) is 1. The van der Waals surface area contributed by atoms with E-state index >= 15 is 0 Å². The van der Waals surface area contributed by atoms with E-state index in [1.54, 1.807) is 0 Å². The predicted octanol–water partition coefficient (Wildman–Crippen LogP) is 6.71. The van der Waals surface area contributed by atoms with Crippen molar-refractivity contribution in [1.29, 1.82) is 0 Å². The first-order valence-electron chi connectivity index (χ1n) is 14.0. The number of carbonyl (C=O) groups excluding carboxylic acids is 3. The third kappa shape index (κ3) is 3.00. The monoisotopic (exact) mass is 482 g/mol. The van der Waals surface area contributed by atoms with Gasteiger partial charge in [-0.1, -0.05) is 54.0 Å². The molecular formula is C31H46O4. The van der Waals surface area contributed by atoms with Crippen molar-refractivity contribution < 1.29 is 19.1 Å². The maximum Gasteiger partial charge on any atom is 0.312 e. The first-order valence-corrected chi connectivity index (χ1v) is 14.0. The molecule has 1 unspecified atom stereocenters. The highest BCUT2D eigenvalue weighted by molar-refractivity contribution is 5.96. The summed E-state index contributed by atoms with van der Waals surface area (Å²) in [4.78, 5) is 40.6. The van der Waals surface area contributed by atoms with E-state index in [9.17, 15) is 14.4 Å². The quantitative estimate of drug-likeness (QED) is 0.390. The van der Waals surface area contributed by atoms with E-state index in [1.807, 2.05) is 6.08 Å². The van der Waals surface area contributed by atoms with Crippen molar-refractivity contribution in [3.8, 4) is 0 Å². The molecule has 35 heavy (non-hydrogen) atoms. The van der Waals surface area contributed by atoms with Gasteiger partial charge in [-0.2, -0.15) is 0 Å². The molecule has 0 aromatic rings. The third-order valence-corrected chi connectivity index (χ3v) is 12.7. The van der Waals surface area contributed by atoms with Crippen molar-refractivity contribution in [3.63, 3.8) is 0 Å². The normalized spacial score (nSPS) is 48.0. The van der Waals surface area contributed by atoms with Crippen LogP contribution in [0.2, 0.25) is 0 Å². The molecule has 0 saturated heterocycles. The summed E-state index contributed by atoms with van der Waals surface area (Å²) in [5.74, 6) is 0.648. The van der Waals surface area contributed by atoms with Gasteiger partial charge in [0, 0.05) is 17.8 Å². The Labute approximate surface area is 212 Å². The maximum absolute atomic E-state index is 14.3. The molecule has 0 aromatic carbocycles. The van der Waals surface area contributed by atoms with Crippen LogP contribution in [0.3, 0.4) is 0 Å². The van der Waals surface area contributed by atoms with Gasteiger partial charge in [-0.15, -0.1) is 0 Å². The van der Waals surface area contributed by atoms with Gasteiger partial charge in [-0.25, -0.2) is 0 Å². The first kappa shape index (κ1) is 25.2. The average Bonchev–Trinajstić information content (AvgIpc) is 2.77. The molecule has 7 atom stereocenters. The van der Waals surface area contributed by atoms with E-state index in [4.69, 9.17) is 4.74 Å². The fourth-order valence-electron chi connectivity index (χ4n) is 10.4. The molecule has 0 N–H and O–H groups in total. The minimum Gasteiger partial charge on any atom is -0.469 e. The van der Waals surface area contributed by atoms with Crippen LogP contribution in [-0.2, 0) is 19.1 Å². The van der Waals surface area contributed by atoms with Crippen LogP contribution in [0, 0.1) is 50.2 Å². The lowest BCUT2D eigenvalue weighted by atomic mass is 9.34. The van der Waals surface area contributed by atoms with Crippen molar-refractivity contribution in [1.82, 2.24) is 0 Å². The van der Waals surface area contributed by atoms with Crippen LogP contribution in [0.1, 0.15) is 106 Å². The molecule has 0 aromatic heterocycles. The summed E-state index contributed by atoms with van der Waals surface area (Å²) in [5.41, 5.74) is 0.119. The Morgan fingerprint density at radius 2 is 1.57 bits per heavy atom. The Balaban J connectivity index is 1.65. The molecule has 5 rings (SSSR count). The molecule has 0 amide bonds. The molecule has 5 aliphatic rings. The summed E-state index contributed by atoms with van der Waals surface area (Å²) in [6.07, 6.45) is 9.92. The minimum absolute atomic E-state index is 0.0227. The summed E-state index contributed by atoms with van der Waals surface area (Å²) in [5, 5.41) is 0. The van der Waals surface area contributed by atoms with Crippen LogP contribution in [0.25, 0.3) is 0 Å². The van der Waals surface area contributed by atoms with E-state index in [0.29, 0.717) is 12.2 Å².